The monoisotopic (exact) mass is 410 g/mol. The van der Waals surface area contributed by atoms with E-state index in [0.29, 0.717) is 0 Å². The molecule has 1 nitrogen and oxygen atoms in total. The Hall–Kier alpha value is -4.10. The van der Waals surface area contributed by atoms with Crippen LogP contribution in [0.1, 0.15) is 16.7 Å². The lowest BCUT2D eigenvalue weighted by Crippen LogP contribution is -2.34. The van der Waals surface area contributed by atoms with Crippen molar-refractivity contribution < 1.29 is 4.74 Å². The first-order valence-electron chi connectivity index (χ1n) is 10.9. The van der Waals surface area contributed by atoms with Gasteiger partial charge in [-0.3, -0.25) is 0 Å². The van der Waals surface area contributed by atoms with E-state index in [1.165, 1.54) is 21.9 Å². The molecule has 1 heterocycles. The van der Waals surface area contributed by atoms with Gasteiger partial charge in [-0.05, 0) is 46.2 Å². The molecule has 0 amide bonds. The second-order valence-corrected chi connectivity index (χ2v) is 8.18. The van der Waals surface area contributed by atoms with Gasteiger partial charge in [-0.1, -0.05) is 109 Å². The number of rotatable bonds is 3. The van der Waals surface area contributed by atoms with E-state index in [4.69, 9.17) is 4.74 Å². The Morgan fingerprint density at radius 1 is 0.531 bits per heavy atom. The number of hydrogen-bond acceptors (Lipinski definition) is 1. The van der Waals surface area contributed by atoms with Crippen LogP contribution in [0.3, 0.4) is 0 Å². The Kier molecular flexibility index (Phi) is 4.40. The van der Waals surface area contributed by atoms with Crippen LogP contribution in [0.2, 0.25) is 0 Å². The maximum Gasteiger partial charge on any atom is 0.178 e. The average Bonchev–Trinajstić information content (AvgIpc) is 2.88. The first-order valence-corrected chi connectivity index (χ1v) is 10.9. The Bertz CT molecular complexity index is 1390. The normalized spacial score (nSPS) is 14.0. The lowest BCUT2D eigenvalue weighted by Gasteiger charge is -2.36. The third-order valence-electron chi connectivity index (χ3n) is 6.29. The number of benzene rings is 5. The molecule has 0 saturated heterocycles. The Balaban J connectivity index is 1.51. The van der Waals surface area contributed by atoms with Crippen LogP contribution in [-0.4, -0.2) is 0 Å². The fraction of sp³-hybridized carbons (Fsp3) is 0.0323. The lowest BCUT2D eigenvalue weighted by molar-refractivity contribution is 0.161. The molecule has 5 aromatic rings. The maximum absolute atomic E-state index is 6.85. The van der Waals surface area contributed by atoms with Crippen LogP contribution in [0, 0.1) is 0 Å². The average molecular weight is 411 g/mol. The molecular weight excluding hydrogens is 388 g/mol. The third kappa shape index (κ3) is 3.02. The molecule has 1 aliphatic rings. The van der Waals surface area contributed by atoms with E-state index in [-0.39, 0.29) is 0 Å². The SMILES string of the molecule is C1=CC(c2ccccc2)(c2ccccc2)Oc2cccc(-c3ccc4ccccc4c3)c21. The second kappa shape index (κ2) is 7.55. The molecule has 32 heavy (non-hydrogen) atoms. The minimum absolute atomic E-state index is 0.655. The fourth-order valence-electron chi connectivity index (χ4n) is 4.67. The molecule has 0 aromatic heterocycles. The van der Waals surface area contributed by atoms with Gasteiger partial charge in [0.05, 0.1) is 0 Å². The van der Waals surface area contributed by atoms with Crippen LogP contribution < -0.4 is 4.74 Å². The number of hydrogen-bond donors (Lipinski definition) is 0. The highest BCUT2D eigenvalue weighted by Crippen LogP contribution is 2.44. The Morgan fingerprint density at radius 3 is 1.91 bits per heavy atom. The molecule has 0 unspecified atom stereocenters. The van der Waals surface area contributed by atoms with Crippen molar-refractivity contribution in [1.29, 1.82) is 0 Å². The van der Waals surface area contributed by atoms with Gasteiger partial charge in [-0.15, -0.1) is 0 Å². The minimum atomic E-state index is -0.655. The zero-order chi connectivity index (χ0) is 21.4. The van der Waals surface area contributed by atoms with E-state index in [0.717, 1.165) is 22.4 Å². The predicted octanol–water partition coefficient (Wildman–Crippen LogP) is 7.86. The molecule has 0 spiro atoms. The van der Waals surface area contributed by atoms with Gasteiger partial charge in [-0.2, -0.15) is 0 Å². The summed E-state index contributed by atoms with van der Waals surface area (Å²) in [5.41, 5.74) is 5.07. The van der Waals surface area contributed by atoms with E-state index in [1.54, 1.807) is 0 Å². The molecule has 0 fully saturated rings. The van der Waals surface area contributed by atoms with Crippen molar-refractivity contribution in [3.63, 3.8) is 0 Å². The summed E-state index contributed by atoms with van der Waals surface area (Å²) < 4.78 is 6.85. The van der Waals surface area contributed by atoms with Gasteiger partial charge in [0.2, 0.25) is 0 Å². The Morgan fingerprint density at radius 2 is 1.19 bits per heavy atom. The summed E-state index contributed by atoms with van der Waals surface area (Å²) in [6.07, 6.45) is 4.42. The summed E-state index contributed by atoms with van der Waals surface area (Å²) >= 11 is 0. The third-order valence-corrected chi connectivity index (χ3v) is 6.29. The van der Waals surface area contributed by atoms with Gasteiger partial charge in [-0.25, -0.2) is 0 Å². The lowest BCUT2D eigenvalue weighted by atomic mass is 9.83. The summed E-state index contributed by atoms with van der Waals surface area (Å²) in [5.74, 6) is 0.894. The highest BCUT2D eigenvalue weighted by atomic mass is 16.5. The van der Waals surface area contributed by atoms with Crippen LogP contribution in [0.15, 0.2) is 127 Å². The molecule has 0 atom stereocenters. The van der Waals surface area contributed by atoms with Crippen molar-refractivity contribution in [2.24, 2.45) is 0 Å². The van der Waals surface area contributed by atoms with Gasteiger partial charge in [0, 0.05) is 16.7 Å². The molecule has 0 saturated carbocycles. The summed E-state index contributed by atoms with van der Waals surface area (Å²) in [5, 5.41) is 2.49. The van der Waals surface area contributed by atoms with Crippen LogP contribution in [0.5, 0.6) is 5.75 Å². The quantitative estimate of drug-likeness (QED) is 0.294. The van der Waals surface area contributed by atoms with Crippen LogP contribution in [0.25, 0.3) is 28.0 Å². The van der Waals surface area contributed by atoms with E-state index in [9.17, 15) is 0 Å². The van der Waals surface area contributed by atoms with Crippen LogP contribution >= 0.6 is 0 Å². The molecule has 5 aromatic carbocycles. The van der Waals surface area contributed by atoms with E-state index >= 15 is 0 Å². The van der Waals surface area contributed by atoms with Crippen molar-refractivity contribution in [3.8, 4) is 16.9 Å². The summed E-state index contributed by atoms with van der Waals surface area (Å²) in [6.45, 7) is 0. The highest BCUT2D eigenvalue weighted by Gasteiger charge is 2.37. The zero-order valence-electron chi connectivity index (χ0n) is 17.6. The molecular formula is C31H22O. The first kappa shape index (κ1) is 18.7. The van der Waals surface area contributed by atoms with E-state index in [2.05, 4.69) is 121 Å². The second-order valence-electron chi connectivity index (χ2n) is 8.18. The number of fused-ring (bicyclic) bond motifs is 2. The minimum Gasteiger partial charge on any atom is -0.473 e. The molecule has 1 aliphatic heterocycles. The van der Waals surface area contributed by atoms with Crippen molar-refractivity contribution in [3.05, 3.63) is 144 Å². The summed E-state index contributed by atoms with van der Waals surface area (Å²) in [7, 11) is 0. The summed E-state index contributed by atoms with van der Waals surface area (Å²) in [6, 6.07) is 42.4. The van der Waals surface area contributed by atoms with Crippen molar-refractivity contribution in [1.82, 2.24) is 0 Å². The summed E-state index contributed by atoms with van der Waals surface area (Å²) in [4.78, 5) is 0. The molecule has 0 radical (unpaired) electrons. The molecule has 0 bridgehead atoms. The molecule has 6 rings (SSSR count). The molecule has 1 heteroatoms. The van der Waals surface area contributed by atoms with Gasteiger partial charge in [0.1, 0.15) is 5.75 Å². The van der Waals surface area contributed by atoms with Crippen LogP contribution in [-0.2, 0) is 5.60 Å². The van der Waals surface area contributed by atoms with E-state index in [1.807, 2.05) is 12.1 Å². The van der Waals surface area contributed by atoms with Gasteiger partial charge < -0.3 is 4.74 Å². The maximum atomic E-state index is 6.85. The van der Waals surface area contributed by atoms with Crippen molar-refractivity contribution in [2.45, 2.75) is 5.60 Å². The molecule has 0 N–H and O–H groups in total. The smallest absolute Gasteiger partial charge is 0.178 e. The van der Waals surface area contributed by atoms with Gasteiger partial charge in [0.15, 0.2) is 5.60 Å². The Labute approximate surface area is 188 Å². The van der Waals surface area contributed by atoms with E-state index < -0.39 is 5.60 Å². The first-order chi connectivity index (χ1) is 15.8. The number of ether oxygens (including phenoxy) is 1. The van der Waals surface area contributed by atoms with Crippen molar-refractivity contribution >= 4 is 16.8 Å². The topological polar surface area (TPSA) is 9.23 Å². The van der Waals surface area contributed by atoms with Crippen LogP contribution in [0.4, 0.5) is 0 Å². The highest BCUT2D eigenvalue weighted by molar-refractivity contribution is 5.90. The molecule has 152 valence electrons. The fourth-order valence-corrected chi connectivity index (χ4v) is 4.67. The van der Waals surface area contributed by atoms with Gasteiger partial charge >= 0.3 is 0 Å². The standard InChI is InChI=1S/C31H22O/c1-3-12-26(13-4-1)31(27-14-5-2-6-15-27)21-20-29-28(16-9-17-30(29)32-31)25-19-18-23-10-7-8-11-24(23)22-25/h1-22H. The van der Waals surface area contributed by atoms with Gasteiger partial charge in [0.25, 0.3) is 0 Å². The molecule has 0 aliphatic carbocycles. The predicted molar refractivity (Wildman–Crippen MR) is 133 cm³/mol. The largest absolute Gasteiger partial charge is 0.473 e. The van der Waals surface area contributed by atoms with Crippen molar-refractivity contribution in [2.75, 3.05) is 0 Å². The zero-order valence-corrected chi connectivity index (χ0v) is 17.6.